The van der Waals surface area contributed by atoms with Gasteiger partial charge in [0.05, 0.1) is 12.4 Å². The third-order valence-electron chi connectivity index (χ3n) is 3.88. The van der Waals surface area contributed by atoms with Crippen molar-refractivity contribution in [2.24, 2.45) is 0 Å². The Balaban J connectivity index is 2.14. The van der Waals surface area contributed by atoms with E-state index in [1.54, 1.807) is 6.07 Å². The van der Waals surface area contributed by atoms with Gasteiger partial charge in [-0.2, -0.15) is 0 Å². The van der Waals surface area contributed by atoms with Crippen molar-refractivity contribution >= 4 is 11.5 Å². The monoisotopic (exact) mass is 301 g/mol. The maximum absolute atomic E-state index is 14.1. The number of rotatable bonds is 4. The van der Waals surface area contributed by atoms with Crippen LogP contribution < -0.4 is 5.73 Å². The number of benzene rings is 1. The lowest BCUT2D eigenvalue weighted by atomic mass is 9.97. The third-order valence-corrected chi connectivity index (χ3v) is 3.88. The number of nitrogens with zero attached hydrogens (tertiary/aromatic N) is 2. The topological polar surface area (TPSA) is 43.3 Å². The maximum Gasteiger partial charge on any atom is 0.145 e. The fourth-order valence-electron chi connectivity index (χ4n) is 2.67. The highest BCUT2D eigenvalue weighted by atomic mass is 19.1. The number of halogens is 2. The zero-order valence-corrected chi connectivity index (χ0v) is 12.3. The van der Waals surface area contributed by atoms with Crippen LogP contribution in [0.2, 0.25) is 0 Å². The van der Waals surface area contributed by atoms with Gasteiger partial charge in [0.1, 0.15) is 17.3 Å². The molecule has 2 heterocycles. The molecule has 114 valence electrons. The zero-order chi connectivity index (χ0) is 15.7. The van der Waals surface area contributed by atoms with Gasteiger partial charge in [-0.3, -0.25) is 4.39 Å². The molecule has 22 heavy (non-hydrogen) atoms. The molecule has 0 aliphatic heterocycles. The minimum absolute atomic E-state index is 0.298. The third kappa shape index (κ3) is 2.43. The van der Waals surface area contributed by atoms with Crippen molar-refractivity contribution in [2.75, 3.05) is 12.4 Å². The first-order valence-electron chi connectivity index (χ1n) is 7.19. The number of hydrogen-bond donors (Lipinski definition) is 1. The SMILES string of the molecule is Cc1c(N)nc2ccc(-c3cccc(F)c3CCCF)cn12. The summed E-state index contributed by atoms with van der Waals surface area (Å²) < 4.78 is 28.4. The van der Waals surface area contributed by atoms with Gasteiger partial charge < -0.3 is 10.1 Å². The quantitative estimate of drug-likeness (QED) is 0.793. The van der Waals surface area contributed by atoms with Gasteiger partial charge in [0, 0.05) is 6.20 Å². The molecule has 3 rings (SSSR count). The Hall–Kier alpha value is -2.43. The van der Waals surface area contributed by atoms with E-state index in [1.807, 2.05) is 35.7 Å². The molecule has 0 spiro atoms. The van der Waals surface area contributed by atoms with E-state index in [0.717, 1.165) is 22.5 Å². The fourth-order valence-corrected chi connectivity index (χ4v) is 2.67. The highest BCUT2D eigenvalue weighted by Crippen LogP contribution is 2.28. The van der Waals surface area contributed by atoms with Gasteiger partial charge in [-0.1, -0.05) is 12.1 Å². The van der Waals surface area contributed by atoms with Crippen LogP contribution in [0.4, 0.5) is 14.6 Å². The molecule has 0 aliphatic rings. The lowest BCUT2D eigenvalue weighted by Crippen LogP contribution is -1.97. The van der Waals surface area contributed by atoms with Gasteiger partial charge in [-0.25, -0.2) is 9.37 Å². The second kappa shape index (κ2) is 5.75. The molecule has 0 aliphatic carbocycles. The van der Waals surface area contributed by atoms with Crippen molar-refractivity contribution in [1.29, 1.82) is 0 Å². The van der Waals surface area contributed by atoms with Gasteiger partial charge in [-0.05, 0) is 54.7 Å². The molecule has 5 heteroatoms. The lowest BCUT2D eigenvalue weighted by molar-refractivity contribution is 0.469. The Labute approximate surface area is 127 Å². The summed E-state index contributed by atoms with van der Waals surface area (Å²) >= 11 is 0. The normalized spacial score (nSPS) is 11.2. The molecule has 3 aromatic rings. The molecular formula is C17H17F2N3. The van der Waals surface area contributed by atoms with E-state index in [9.17, 15) is 8.78 Å². The largest absolute Gasteiger partial charge is 0.382 e. The summed E-state index contributed by atoms with van der Waals surface area (Å²) in [7, 11) is 0. The summed E-state index contributed by atoms with van der Waals surface area (Å²) in [6, 6.07) is 8.67. The van der Waals surface area contributed by atoms with E-state index in [4.69, 9.17) is 5.73 Å². The zero-order valence-electron chi connectivity index (χ0n) is 12.3. The fraction of sp³-hybridized carbons (Fsp3) is 0.235. The van der Waals surface area contributed by atoms with Gasteiger partial charge >= 0.3 is 0 Å². The number of alkyl halides is 1. The molecule has 2 aromatic heterocycles. The molecule has 3 nitrogen and oxygen atoms in total. The molecule has 0 saturated carbocycles. The van der Waals surface area contributed by atoms with Crippen LogP contribution in [0.1, 0.15) is 17.7 Å². The number of fused-ring (bicyclic) bond motifs is 1. The summed E-state index contributed by atoms with van der Waals surface area (Å²) in [5.74, 6) is 0.182. The first-order chi connectivity index (χ1) is 10.6. The van der Waals surface area contributed by atoms with Crippen molar-refractivity contribution < 1.29 is 8.78 Å². The average Bonchev–Trinajstić information content (AvgIpc) is 2.80. The summed E-state index contributed by atoms with van der Waals surface area (Å²) in [4.78, 5) is 4.25. The average molecular weight is 301 g/mol. The molecular weight excluding hydrogens is 284 g/mol. The molecule has 0 fully saturated rings. The van der Waals surface area contributed by atoms with E-state index < -0.39 is 6.67 Å². The van der Waals surface area contributed by atoms with E-state index in [0.29, 0.717) is 24.2 Å². The standard InChI is InChI=1S/C17H17F2N3/c1-11-17(20)21-16-8-7-12(10-22(11)16)13-4-2-6-15(19)14(13)5-3-9-18/h2,4,6-8,10H,3,5,9,20H2,1H3. The number of nitrogens with two attached hydrogens (primary N) is 1. The molecule has 2 N–H and O–H groups in total. The predicted octanol–water partition coefficient (Wildman–Crippen LogP) is 3.93. The van der Waals surface area contributed by atoms with Crippen LogP contribution in [0, 0.1) is 12.7 Å². The van der Waals surface area contributed by atoms with E-state index in [2.05, 4.69) is 4.98 Å². The lowest BCUT2D eigenvalue weighted by Gasteiger charge is -2.11. The second-order valence-corrected chi connectivity index (χ2v) is 5.29. The van der Waals surface area contributed by atoms with Crippen LogP contribution in [-0.2, 0) is 6.42 Å². The Morgan fingerprint density at radius 3 is 2.82 bits per heavy atom. The van der Waals surface area contributed by atoms with Crippen LogP contribution in [-0.4, -0.2) is 16.1 Å². The molecule has 1 aromatic carbocycles. The Bertz CT molecular complexity index is 824. The highest BCUT2D eigenvalue weighted by Gasteiger charge is 2.12. The summed E-state index contributed by atoms with van der Waals surface area (Å²) in [6.07, 6.45) is 2.58. The number of hydrogen-bond acceptors (Lipinski definition) is 2. The van der Waals surface area contributed by atoms with Crippen molar-refractivity contribution in [3.05, 3.63) is 53.6 Å². The van der Waals surface area contributed by atoms with Gasteiger partial charge in [-0.15, -0.1) is 0 Å². The smallest absolute Gasteiger partial charge is 0.145 e. The van der Waals surface area contributed by atoms with E-state index >= 15 is 0 Å². The first-order valence-corrected chi connectivity index (χ1v) is 7.19. The van der Waals surface area contributed by atoms with Crippen molar-refractivity contribution in [3.63, 3.8) is 0 Å². The van der Waals surface area contributed by atoms with E-state index in [1.165, 1.54) is 6.07 Å². The summed E-state index contributed by atoms with van der Waals surface area (Å²) in [5.41, 5.74) is 9.61. The molecule has 0 amide bonds. The number of anilines is 1. The molecule has 0 atom stereocenters. The molecule has 0 saturated heterocycles. The van der Waals surface area contributed by atoms with Gasteiger partial charge in [0.2, 0.25) is 0 Å². The first kappa shape index (κ1) is 14.5. The number of imidazole rings is 1. The van der Waals surface area contributed by atoms with Gasteiger partial charge in [0.25, 0.3) is 0 Å². The minimum Gasteiger partial charge on any atom is -0.382 e. The number of nitrogen functional groups attached to an aromatic ring is 1. The molecule has 0 radical (unpaired) electrons. The Morgan fingerprint density at radius 1 is 1.23 bits per heavy atom. The maximum atomic E-state index is 14.1. The molecule has 0 unspecified atom stereocenters. The van der Waals surface area contributed by atoms with Crippen molar-refractivity contribution in [2.45, 2.75) is 19.8 Å². The number of aromatic nitrogens is 2. The van der Waals surface area contributed by atoms with Crippen LogP contribution in [0.15, 0.2) is 36.5 Å². The van der Waals surface area contributed by atoms with Crippen molar-refractivity contribution in [1.82, 2.24) is 9.38 Å². The Morgan fingerprint density at radius 2 is 2.05 bits per heavy atom. The van der Waals surface area contributed by atoms with Crippen LogP contribution in [0.5, 0.6) is 0 Å². The van der Waals surface area contributed by atoms with Crippen LogP contribution >= 0.6 is 0 Å². The number of aryl methyl sites for hydroxylation is 1. The van der Waals surface area contributed by atoms with Gasteiger partial charge in [0.15, 0.2) is 0 Å². The number of pyridine rings is 1. The second-order valence-electron chi connectivity index (χ2n) is 5.29. The van der Waals surface area contributed by atoms with E-state index in [-0.39, 0.29) is 5.82 Å². The highest BCUT2D eigenvalue weighted by molar-refractivity contribution is 5.69. The van der Waals surface area contributed by atoms with Crippen LogP contribution in [0.3, 0.4) is 0 Å². The minimum atomic E-state index is -0.454. The van der Waals surface area contributed by atoms with Crippen LogP contribution in [0.25, 0.3) is 16.8 Å². The van der Waals surface area contributed by atoms with Crippen molar-refractivity contribution in [3.8, 4) is 11.1 Å². The predicted molar refractivity (Wildman–Crippen MR) is 84.0 cm³/mol. The summed E-state index contributed by atoms with van der Waals surface area (Å²) in [6.45, 7) is 1.43. The molecule has 0 bridgehead atoms. The Kier molecular flexibility index (Phi) is 3.79. The summed E-state index contributed by atoms with van der Waals surface area (Å²) in [5, 5.41) is 0.